The molecule has 1 fully saturated rings. The Morgan fingerprint density at radius 2 is 1.95 bits per heavy atom. The van der Waals surface area contributed by atoms with E-state index >= 15 is 0 Å². The van der Waals surface area contributed by atoms with Crippen molar-refractivity contribution < 1.29 is 4.74 Å². The molecular weight excluding hydrogens is 282 g/mol. The molecule has 2 rings (SSSR count). The van der Waals surface area contributed by atoms with Crippen LogP contribution in [0.4, 0.5) is 0 Å². The molecule has 0 spiro atoms. The molecule has 1 heterocycles. The van der Waals surface area contributed by atoms with Crippen molar-refractivity contribution in [3.05, 3.63) is 28.8 Å². The van der Waals surface area contributed by atoms with Gasteiger partial charge in [-0.3, -0.25) is 4.90 Å². The molecule has 1 saturated heterocycles. The average Bonchev–Trinajstić information content (AvgIpc) is 2.46. The van der Waals surface area contributed by atoms with E-state index in [1.807, 2.05) is 0 Å². The van der Waals surface area contributed by atoms with Gasteiger partial charge in [-0.05, 0) is 68.5 Å². The van der Waals surface area contributed by atoms with Gasteiger partial charge in [0, 0.05) is 12.6 Å². The Morgan fingerprint density at radius 1 is 1.29 bits per heavy atom. The van der Waals surface area contributed by atoms with Crippen LogP contribution in [0.5, 0.6) is 5.75 Å². The SMILES string of the molecule is CCC1CCCCN1CC(Cl)c1c(C)cc(OC)cc1C. The molecule has 0 bridgehead atoms. The van der Waals surface area contributed by atoms with Gasteiger partial charge >= 0.3 is 0 Å². The molecule has 2 nitrogen and oxygen atoms in total. The third kappa shape index (κ3) is 3.92. The standard InChI is InChI=1S/C18H28ClNO/c1-5-15-8-6-7-9-20(15)12-17(19)18-13(2)10-16(21-4)11-14(18)3/h10-11,15,17H,5-9,12H2,1-4H3. The first-order valence-corrected chi connectivity index (χ1v) is 8.53. The number of likely N-dealkylation sites (tertiary alicyclic amines) is 1. The molecule has 1 aliphatic heterocycles. The molecular formula is C18H28ClNO. The van der Waals surface area contributed by atoms with E-state index in [1.54, 1.807) is 7.11 Å². The molecule has 118 valence electrons. The summed E-state index contributed by atoms with van der Waals surface area (Å²) in [6.45, 7) is 8.70. The van der Waals surface area contributed by atoms with Crippen LogP contribution in [-0.4, -0.2) is 31.1 Å². The van der Waals surface area contributed by atoms with Crippen molar-refractivity contribution in [1.29, 1.82) is 0 Å². The van der Waals surface area contributed by atoms with Crippen molar-refractivity contribution in [3.8, 4) is 5.75 Å². The zero-order valence-corrected chi connectivity index (χ0v) is 14.5. The Balaban J connectivity index is 2.14. The summed E-state index contributed by atoms with van der Waals surface area (Å²) in [5.74, 6) is 0.919. The minimum atomic E-state index is 0.0584. The molecule has 0 amide bonds. The first kappa shape index (κ1) is 16.6. The monoisotopic (exact) mass is 309 g/mol. The number of nitrogens with zero attached hydrogens (tertiary/aromatic N) is 1. The lowest BCUT2D eigenvalue weighted by molar-refractivity contribution is 0.144. The van der Waals surface area contributed by atoms with E-state index in [-0.39, 0.29) is 5.38 Å². The second-order valence-corrected chi connectivity index (χ2v) is 6.72. The normalized spacial score (nSPS) is 21.3. The van der Waals surface area contributed by atoms with Crippen molar-refractivity contribution in [3.63, 3.8) is 0 Å². The molecule has 0 aliphatic carbocycles. The second-order valence-electron chi connectivity index (χ2n) is 6.20. The minimum absolute atomic E-state index is 0.0584. The quantitative estimate of drug-likeness (QED) is 0.720. The van der Waals surface area contributed by atoms with Crippen molar-refractivity contribution in [2.24, 2.45) is 0 Å². The fraction of sp³-hybridized carbons (Fsp3) is 0.667. The molecule has 2 unspecified atom stereocenters. The Bertz CT molecular complexity index is 451. The average molecular weight is 310 g/mol. The summed E-state index contributed by atoms with van der Waals surface area (Å²) in [7, 11) is 1.71. The number of rotatable bonds is 5. The van der Waals surface area contributed by atoms with Crippen LogP contribution in [-0.2, 0) is 0 Å². The smallest absolute Gasteiger partial charge is 0.119 e. The first-order chi connectivity index (χ1) is 10.1. The summed E-state index contributed by atoms with van der Waals surface area (Å²) >= 11 is 6.79. The maximum absolute atomic E-state index is 6.79. The highest BCUT2D eigenvalue weighted by molar-refractivity contribution is 6.21. The Kier molecular flexibility index (Phi) is 5.95. The lowest BCUT2D eigenvalue weighted by atomic mass is 9.96. The number of hydrogen-bond donors (Lipinski definition) is 0. The fourth-order valence-corrected chi connectivity index (χ4v) is 4.13. The third-order valence-electron chi connectivity index (χ3n) is 4.73. The van der Waals surface area contributed by atoms with Crippen molar-refractivity contribution >= 4 is 11.6 Å². The summed E-state index contributed by atoms with van der Waals surface area (Å²) in [5, 5.41) is 0.0584. The predicted molar refractivity (Wildman–Crippen MR) is 90.6 cm³/mol. The second kappa shape index (κ2) is 7.51. The van der Waals surface area contributed by atoms with Crippen molar-refractivity contribution in [2.75, 3.05) is 20.2 Å². The van der Waals surface area contributed by atoms with Gasteiger partial charge in [-0.15, -0.1) is 11.6 Å². The Labute approximate surface area is 134 Å². The van der Waals surface area contributed by atoms with Gasteiger partial charge < -0.3 is 4.74 Å². The Hall–Kier alpha value is -0.730. The van der Waals surface area contributed by atoms with E-state index in [4.69, 9.17) is 16.3 Å². The molecule has 2 atom stereocenters. The van der Waals surface area contributed by atoms with Gasteiger partial charge in [0.25, 0.3) is 0 Å². The largest absolute Gasteiger partial charge is 0.497 e. The zero-order chi connectivity index (χ0) is 15.4. The number of methoxy groups -OCH3 is 1. The minimum Gasteiger partial charge on any atom is -0.497 e. The highest BCUT2D eigenvalue weighted by atomic mass is 35.5. The van der Waals surface area contributed by atoms with Crippen LogP contribution in [0.3, 0.4) is 0 Å². The van der Waals surface area contributed by atoms with Crippen LogP contribution in [0.2, 0.25) is 0 Å². The van der Waals surface area contributed by atoms with Crippen LogP contribution in [0, 0.1) is 13.8 Å². The summed E-state index contributed by atoms with van der Waals surface area (Å²) in [4.78, 5) is 2.59. The van der Waals surface area contributed by atoms with Crippen LogP contribution in [0.1, 0.15) is 54.7 Å². The number of alkyl halides is 1. The molecule has 0 saturated carbocycles. The number of ether oxygens (including phenoxy) is 1. The maximum atomic E-state index is 6.79. The first-order valence-electron chi connectivity index (χ1n) is 8.10. The zero-order valence-electron chi connectivity index (χ0n) is 13.8. The van der Waals surface area contributed by atoms with Gasteiger partial charge in [-0.25, -0.2) is 0 Å². The highest BCUT2D eigenvalue weighted by Gasteiger charge is 2.25. The molecule has 1 aliphatic rings. The molecule has 1 aromatic carbocycles. The van der Waals surface area contributed by atoms with Crippen molar-refractivity contribution in [2.45, 2.75) is 57.9 Å². The summed E-state index contributed by atoms with van der Waals surface area (Å²) in [6, 6.07) is 4.88. The summed E-state index contributed by atoms with van der Waals surface area (Å²) in [5.41, 5.74) is 3.74. The third-order valence-corrected chi connectivity index (χ3v) is 5.09. The van der Waals surface area contributed by atoms with Crippen LogP contribution < -0.4 is 4.74 Å². The van der Waals surface area contributed by atoms with E-state index in [0.717, 1.165) is 12.3 Å². The van der Waals surface area contributed by atoms with Crippen LogP contribution in [0.25, 0.3) is 0 Å². The lowest BCUT2D eigenvalue weighted by Gasteiger charge is -2.36. The molecule has 0 N–H and O–H groups in total. The Morgan fingerprint density at radius 3 is 2.52 bits per heavy atom. The topological polar surface area (TPSA) is 12.5 Å². The van der Waals surface area contributed by atoms with Gasteiger partial charge in [-0.2, -0.15) is 0 Å². The van der Waals surface area contributed by atoms with E-state index in [1.165, 1.54) is 48.9 Å². The van der Waals surface area contributed by atoms with Gasteiger partial charge in [0.15, 0.2) is 0 Å². The number of piperidine rings is 1. The van der Waals surface area contributed by atoms with E-state index < -0.39 is 0 Å². The van der Waals surface area contributed by atoms with E-state index in [9.17, 15) is 0 Å². The molecule has 0 aromatic heterocycles. The lowest BCUT2D eigenvalue weighted by Crippen LogP contribution is -2.40. The van der Waals surface area contributed by atoms with E-state index in [2.05, 4.69) is 37.8 Å². The van der Waals surface area contributed by atoms with Gasteiger partial charge in [0.2, 0.25) is 0 Å². The number of aryl methyl sites for hydroxylation is 2. The van der Waals surface area contributed by atoms with Crippen molar-refractivity contribution in [1.82, 2.24) is 4.90 Å². The van der Waals surface area contributed by atoms with Gasteiger partial charge in [0.05, 0.1) is 12.5 Å². The molecule has 1 aromatic rings. The molecule has 3 heteroatoms. The maximum Gasteiger partial charge on any atom is 0.119 e. The van der Waals surface area contributed by atoms with Crippen LogP contribution >= 0.6 is 11.6 Å². The van der Waals surface area contributed by atoms with E-state index in [0.29, 0.717) is 6.04 Å². The van der Waals surface area contributed by atoms with Gasteiger partial charge in [0.1, 0.15) is 5.75 Å². The predicted octanol–water partition coefficient (Wildman–Crippen LogP) is 4.86. The highest BCUT2D eigenvalue weighted by Crippen LogP contribution is 2.33. The molecule has 0 radical (unpaired) electrons. The number of benzene rings is 1. The summed E-state index contributed by atoms with van der Waals surface area (Å²) in [6.07, 6.45) is 5.22. The number of hydrogen-bond acceptors (Lipinski definition) is 2. The molecule has 21 heavy (non-hydrogen) atoms. The summed E-state index contributed by atoms with van der Waals surface area (Å²) < 4.78 is 5.34. The van der Waals surface area contributed by atoms with Crippen LogP contribution in [0.15, 0.2) is 12.1 Å². The fourth-order valence-electron chi connectivity index (χ4n) is 3.61. The van der Waals surface area contributed by atoms with Gasteiger partial charge in [-0.1, -0.05) is 13.3 Å². The number of halogens is 1.